The average Bonchev–Trinajstić information content (AvgIpc) is 2.75. The van der Waals surface area contributed by atoms with E-state index in [0.717, 1.165) is 23.2 Å². The van der Waals surface area contributed by atoms with Gasteiger partial charge in [-0.05, 0) is 38.7 Å². The number of thiophene rings is 1. The summed E-state index contributed by atoms with van der Waals surface area (Å²) in [4.78, 5) is 11.2. The summed E-state index contributed by atoms with van der Waals surface area (Å²) in [5.41, 5.74) is 0. The van der Waals surface area contributed by atoms with Crippen molar-refractivity contribution in [3.05, 3.63) is 10.9 Å². The van der Waals surface area contributed by atoms with Crippen molar-refractivity contribution in [2.24, 2.45) is 5.92 Å². The van der Waals surface area contributed by atoms with Gasteiger partial charge in [-0.1, -0.05) is 13.8 Å². The molecule has 1 N–H and O–H groups in total. The van der Waals surface area contributed by atoms with Gasteiger partial charge in [0.15, 0.2) is 0 Å². The Bertz CT molecular complexity index is 565. The molecule has 2 heterocycles. The van der Waals surface area contributed by atoms with E-state index in [2.05, 4.69) is 42.1 Å². The molecule has 0 amide bonds. The molecule has 0 aliphatic heterocycles. The number of nitrogens with zero attached hydrogens (tertiary/aromatic N) is 2. The summed E-state index contributed by atoms with van der Waals surface area (Å²) < 4.78 is 5.89. The first-order chi connectivity index (χ1) is 9.60. The van der Waals surface area contributed by atoms with Crippen molar-refractivity contribution in [2.75, 3.05) is 18.5 Å². The van der Waals surface area contributed by atoms with Crippen molar-refractivity contribution >= 4 is 27.5 Å². The molecule has 0 aromatic carbocycles. The monoisotopic (exact) mass is 293 g/mol. The van der Waals surface area contributed by atoms with Crippen molar-refractivity contribution < 1.29 is 4.74 Å². The maximum atomic E-state index is 5.89. The number of rotatable bonds is 7. The van der Waals surface area contributed by atoms with Crippen LogP contribution in [-0.2, 0) is 0 Å². The molecule has 4 nitrogen and oxygen atoms in total. The van der Waals surface area contributed by atoms with Crippen molar-refractivity contribution in [3.63, 3.8) is 0 Å². The van der Waals surface area contributed by atoms with Crippen molar-refractivity contribution in [1.29, 1.82) is 0 Å². The minimum atomic E-state index is 0.653. The summed E-state index contributed by atoms with van der Waals surface area (Å²) in [5.74, 6) is 2.07. The first-order valence-electron chi connectivity index (χ1n) is 7.25. The van der Waals surface area contributed by atoms with Crippen LogP contribution in [0.4, 0.5) is 5.95 Å². The van der Waals surface area contributed by atoms with E-state index in [0.29, 0.717) is 24.4 Å². The van der Waals surface area contributed by atoms with Crippen LogP contribution in [0.1, 0.15) is 38.5 Å². The van der Waals surface area contributed by atoms with Crippen LogP contribution in [0.25, 0.3) is 10.2 Å². The molecular formula is C15H23N3OS. The third kappa shape index (κ3) is 3.82. The fourth-order valence-electron chi connectivity index (χ4n) is 2.02. The Kier molecular flexibility index (Phi) is 5.17. The van der Waals surface area contributed by atoms with Gasteiger partial charge in [0.2, 0.25) is 11.8 Å². The van der Waals surface area contributed by atoms with Gasteiger partial charge in [-0.25, -0.2) is 4.98 Å². The Morgan fingerprint density at radius 3 is 2.85 bits per heavy atom. The molecule has 110 valence electrons. The molecule has 0 saturated heterocycles. The van der Waals surface area contributed by atoms with Crippen molar-refractivity contribution in [3.8, 4) is 5.88 Å². The van der Waals surface area contributed by atoms with Gasteiger partial charge in [0.1, 0.15) is 4.83 Å². The summed E-state index contributed by atoms with van der Waals surface area (Å²) >= 11 is 1.68. The Labute approximate surface area is 124 Å². The predicted molar refractivity (Wildman–Crippen MR) is 85.9 cm³/mol. The van der Waals surface area contributed by atoms with E-state index in [1.165, 1.54) is 11.3 Å². The number of aromatic nitrogens is 2. The quantitative estimate of drug-likeness (QED) is 0.775. The third-order valence-corrected chi connectivity index (χ3v) is 3.92. The van der Waals surface area contributed by atoms with Gasteiger partial charge in [-0.2, -0.15) is 4.98 Å². The molecule has 5 heteroatoms. The van der Waals surface area contributed by atoms with Gasteiger partial charge in [-0.3, -0.25) is 0 Å². The van der Waals surface area contributed by atoms with Gasteiger partial charge in [0, 0.05) is 11.4 Å². The molecule has 2 aromatic heterocycles. The number of nitrogens with one attached hydrogen (secondary N) is 1. The van der Waals surface area contributed by atoms with Gasteiger partial charge in [0.25, 0.3) is 0 Å². The van der Waals surface area contributed by atoms with Crippen LogP contribution in [0.2, 0.25) is 0 Å². The molecule has 0 fully saturated rings. The van der Waals surface area contributed by atoms with Crippen LogP contribution < -0.4 is 10.1 Å². The maximum absolute atomic E-state index is 5.89. The largest absolute Gasteiger partial charge is 0.477 e. The lowest BCUT2D eigenvalue weighted by atomic mass is 10.1. The zero-order chi connectivity index (χ0) is 14.5. The van der Waals surface area contributed by atoms with Gasteiger partial charge < -0.3 is 10.1 Å². The van der Waals surface area contributed by atoms with Gasteiger partial charge in [0.05, 0.1) is 12.0 Å². The zero-order valence-corrected chi connectivity index (χ0v) is 13.5. The van der Waals surface area contributed by atoms with Gasteiger partial charge in [-0.15, -0.1) is 11.3 Å². The highest BCUT2D eigenvalue weighted by Gasteiger charge is 2.11. The lowest BCUT2D eigenvalue weighted by molar-refractivity contribution is 0.291. The van der Waals surface area contributed by atoms with E-state index in [1.807, 2.05) is 6.92 Å². The van der Waals surface area contributed by atoms with Crippen molar-refractivity contribution in [1.82, 2.24) is 9.97 Å². The predicted octanol–water partition coefficient (Wildman–Crippen LogP) is 4.25. The molecule has 2 aromatic rings. The highest BCUT2D eigenvalue weighted by Crippen LogP contribution is 2.31. The Morgan fingerprint density at radius 2 is 2.15 bits per heavy atom. The van der Waals surface area contributed by atoms with Crippen LogP contribution in [-0.4, -0.2) is 23.1 Å². The van der Waals surface area contributed by atoms with E-state index in [9.17, 15) is 0 Å². The fraction of sp³-hybridized carbons (Fsp3) is 0.600. The second-order valence-corrected chi connectivity index (χ2v) is 6.58. The Hall–Kier alpha value is -1.36. The summed E-state index contributed by atoms with van der Waals surface area (Å²) in [6.07, 6.45) is 2.24. The zero-order valence-electron chi connectivity index (χ0n) is 12.7. The molecule has 0 bridgehead atoms. The molecule has 20 heavy (non-hydrogen) atoms. The van der Waals surface area contributed by atoms with E-state index >= 15 is 0 Å². The SMILES string of the molecule is CCNc1nc(OCCCC(C)C)c2cc(C)sc2n1. The summed E-state index contributed by atoms with van der Waals surface area (Å²) in [5, 5.41) is 4.19. The smallest absolute Gasteiger partial charge is 0.227 e. The molecule has 0 atom stereocenters. The number of hydrogen-bond donors (Lipinski definition) is 1. The molecule has 2 rings (SSSR count). The fourth-order valence-corrected chi connectivity index (χ4v) is 2.89. The maximum Gasteiger partial charge on any atom is 0.227 e. The second kappa shape index (κ2) is 6.88. The standard InChI is InChI=1S/C15H23N3OS/c1-5-16-15-17-13(19-8-6-7-10(2)3)12-9-11(4)20-14(12)18-15/h9-10H,5-8H2,1-4H3,(H,16,17,18). The molecule has 0 saturated carbocycles. The normalized spacial score (nSPS) is 11.2. The molecule has 0 aliphatic rings. The summed E-state index contributed by atoms with van der Waals surface area (Å²) in [6.45, 7) is 10.1. The Balaban J connectivity index is 2.16. The van der Waals surface area contributed by atoms with Crippen LogP contribution in [0.15, 0.2) is 6.07 Å². The molecule has 0 unspecified atom stereocenters. The Morgan fingerprint density at radius 1 is 1.35 bits per heavy atom. The minimum Gasteiger partial charge on any atom is -0.477 e. The van der Waals surface area contributed by atoms with Crippen molar-refractivity contribution in [2.45, 2.75) is 40.5 Å². The second-order valence-electron chi connectivity index (χ2n) is 5.34. The molecule has 0 spiro atoms. The lowest BCUT2D eigenvalue weighted by Crippen LogP contribution is -2.06. The number of anilines is 1. The van der Waals surface area contributed by atoms with E-state index in [4.69, 9.17) is 4.74 Å². The third-order valence-electron chi connectivity index (χ3n) is 2.98. The first-order valence-corrected chi connectivity index (χ1v) is 8.06. The molecule has 0 aliphatic carbocycles. The number of aryl methyl sites for hydroxylation is 1. The highest BCUT2D eigenvalue weighted by atomic mass is 32.1. The lowest BCUT2D eigenvalue weighted by Gasteiger charge is -2.09. The number of ether oxygens (including phenoxy) is 1. The van der Waals surface area contributed by atoms with Crippen LogP contribution in [0.3, 0.4) is 0 Å². The van der Waals surface area contributed by atoms with Crippen LogP contribution >= 0.6 is 11.3 Å². The summed E-state index contributed by atoms with van der Waals surface area (Å²) in [7, 11) is 0. The van der Waals surface area contributed by atoms with Crippen LogP contribution in [0, 0.1) is 12.8 Å². The van der Waals surface area contributed by atoms with E-state index in [1.54, 1.807) is 11.3 Å². The molecular weight excluding hydrogens is 270 g/mol. The number of hydrogen-bond acceptors (Lipinski definition) is 5. The van der Waals surface area contributed by atoms with E-state index < -0.39 is 0 Å². The van der Waals surface area contributed by atoms with E-state index in [-0.39, 0.29) is 0 Å². The highest BCUT2D eigenvalue weighted by molar-refractivity contribution is 7.18. The minimum absolute atomic E-state index is 0.653. The van der Waals surface area contributed by atoms with Gasteiger partial charge >= 0.3 is 0 Å². The molecule has 0 radical (unpaired) electrons. The first kappa shape index (κ1) is 15.0. The average molecular weight is 293 g/mol. The van der Waals surface area contributed by atoms with Crippen LogP contribution in [0.5, 0.6) is 5.88 Å². The summed E-state index contributed by atoms with van der Waals surface area (Å²) in [6, 6.07) is 2.10. The topological polar surface area (TPSA) is 47.0 Å². The number of fused-ring (bicyclic) bond motifs is 1.